The van der Waals surface area contributed by atoms with Crippen molar-refractivity contribution in [3.05, 3.63) is 53.4 Å². The summed E-state index contributed by atoms with van der Waals surface area (Å²) in [5, 5.41) is 13.4. The maximum Gasteiger partial charge on any atom is 0.149 e. The van der Waals surface area contributed by atoms with E-state index >= 15 is 0 Å². The number of pyridine rings is 1. The van der Waals surface area contributed by atoms with Crippen LogP contribution in [0.5, 0.6) is 11.5 Å². The Morgan fingerprint density at radius 2 is 1.95 bits per heavy atom. The molecule has 0 radical (unpaired) electrons. The van der Waals surface area contributed by atoms with Gasteiger partial charge in [-0.05, 0) is 29.4 Å². The van der Waals surface area contributed by atoms with Gasteiger partial charge in [-0.2, -0.15) is 0 Å². The Labute approximate surface area is 120 Å². The van der Waals surface area contributed by atoms with Crippen molar-refractivity contribution in [1.82, 2.24) is 4.98 Å². The van der Waals surface area contributed by atoms with E-state index in [0.29, 0.717) is 17.0 Å². The van der Waals surface area contributed by atoms with E-state index in [9.17, 15) is 10.0 Å². The second kappa shape index (κ2) is 5.20. The fourth-order valence-electron chi connectivity index (χ4n) is 2.22. The van der Waals surface area contributed by atoms with Crippen LogP contribution in [-0.2, 0) is 0 Å². The summed E-state index contributed by atoms with van der Waals surface area (Å²) < 4.78 is 5.39. The van der Waals surface area contributed by atoms with Gasteiger partial charge in [0.05, 0.1) is 18.3 Å². The summed E-state index contributed by atoms with van der Waals surface area (Å²) in [7, 11) is 1.60. The number of nitrogens with zero attached hydrogens (tertiary/aromatic N) is 2. The lowest BCUT2D eigenvalue weighted by Gasteiger charge is -2.09. The largest absolute Gasteiger partial charge is 0.506 e. The highest BCUT2D eigenvalue weighted by atomic mass is 16.5. The Morgan fingerprint density at radius 3 is 2.67 bits per heavy atom. The number of rotatable bonds is 3. The number of methoxy groups -OCH3 is 1. The predicted octanol–water partition coefficient (Wildman–Crippen LogP) is 4.01. The van der Waals surface area contributed by atoms with E-state index in [1.54, 1.807) is 19.2 Å². The third-order valence-corrected chi connectivity index (χ3v) is 3.27. The van der Waals surface area contributed by atoms with Gasteiger partial charge in [0, 0.05) is 17.0 Å². The number of hydrogen-bond donors (Lipinski definition) is 1. The quantitative estimate of drug-likeness (QED) is 0.736. The first kappa shape index (κ1) is 13.1. The Bertz CT molecular complexity index is 831. The number of fused-ring (bicyclic) bond motifs is 1. The molecule has 21 heavy (non-hydrogen) atoms. The van der Waals surface area contributed by atoms with Crippen LogP contribution < -0.4 is 4.74 Å². The summed E-state index contributed by atoms with van der Waals surface area (Å²) in [6, 6.07) is 14.1. The molecular formula is C16H12N2O3. The lowest BCUT2D eigenvalue weighted by atomic mass is 10.1. The van der Waals surface area contributed by atoms with Crippen molar-refractivity contribution in [1.29, 1.82) is 0 Å². The van der Waals surface area contributed by atoms with Crippen molar-refractivity contribution >= 4 is 16.6 Å². The van der Waals surface area contributed by atoms with Crippen LogP contribution >= 0.6 is 0 Å². The molecule has 0 saturated carbocycles. The molecule has 0 fully saturated rings. The Balaban J connectivity index is 2.20. The van der Waals surface area contributed by atoms with Gasteiger partial charge < -0.3 is 9.84 Å². The monoisotopic (exact) mass is 280 g/mol. The lowest BCUT2D eigenvalue weighted by molar-refractivity contribution is 0.419. The summed E-state index contributed by atoms with van der Waals surface area (Å²) in [6.07, 6.45) is 0. The maximum atomic E-state index is 10.5. The van der Waals surface area contributed by atoms with Crippen molar-refractivity contribution in [2.24, 2.45) is 5.18 Å². The molecule has 104 valence electrons. The first-order valence-electron chi connectivity index (χ1n) is 6.33. The topological polar surface area (TPSA) is 71.8 Å². The van der Waals surface area contributed by atoms with E-state index in [2.05, 4.69) is 10.2 Å². The molecule has 0 aliphatic heterocycles. The molecule has 3 rings (SSSR count). The molecule has 1 aromatic heterocycles. The van der Waals surface area contributed by atoms with Gasteiger partial charge in [0.1, 0.15) is 17.2 Å². The Kier molecular flexibility index (Phi) is 3.23. The number of aromatic nitrogens is 1. The standard InChI is InChI=1S/C16H12N2O3/c1-21-16-9-14(17-12-5-3-2-4-11(12)16)10-6-7-13(18-20)15(19)8-10/h2-9,19H,1H3. The highest BCUT2D eigenvalue weighted by Crippen LogP contribution is 2.34. The second-order valence-corrected chi connectivity index (χ2v) is 4.52. The van der Waals surface area contributed by atoms with Gasteiger partial charge in [0.2, 0.25) is 0 Å². The van der Waals surface area contributed by atoms with Crippen LogP contribution in [0.25, 0.3) is 22.2 Å². The fourth-order valence-corrected chi connectivity index (χ4v) is 2.22. The molecule has 5 heteroatoms. The number of phenolic OH excluding ortho intramolecular Hbond substituents is 1. The normalized spacial score (nSPS) is 10.5. The van der Waals surface area contributed by atoms with Crippen molar-refractivity contribution in [2.75, 3.05) is 7.11 Å². The SMILES string of the molecule is COc1cc(-c2ccc(N=O)c(O)c2)nc2ccccc12. The number of nitroso groups, excluding NO2 is 1. The van der Waals surface area contributed by atoms with E-state index in [-0.39, 0.29) is 11.4 Å². The molecule has 0 unspecified atom stereocenters. The van der Waals surface area contributed by atoms with E-state index in [1.165, 1.54) is 12.1 Å². The molecule has 0 aliphatic carbocycles. The zero-order chi connectivity index (χ0) is 14.8. The number of ether oxygens (including phenoxy) is 1. The molecule has 1 heterocycles. The van der Waals surface area contributed by atoms with Crippen molar-refractivity contribution in [3.8, 4) is 22.8 Å². The molecule has 0 atom stereocenters. The molecule has 2 aromatic carbocycles. The van der Waals surface area contributed by atoms with E-state index in [1.807, 2.05) is 24.3 Å². The molecule has 0 bridgehead atoms. The molecular weight excluding hydrogens is 268 g/mol. The van der Waals surface area contributed by atoms with Gasteiger partial charge in [0.15, 0.2) is 0 Å². The lowest BCUT2D eigenvalue weighted by Crippen LogP contribution is -1.91. The van der Waals surface area contributed by atoms with Crippen molar-refractivity contribution < 1.29 is 9.84 Å². The van der Waals surface area contributed by atoms with E-state index in [0.717, 1.165) is 10.9 Å². The third kappa shape index (κ3) is 2.29. The van der Waals surface area contributed by atoms with Crippen molar-refractivity contribution in [2.45, 2.75) is 0 Å². The third-order valence-electron chi connectivity index (χ3n) is 3.27. The predicted molar refractivity (Wildman–Crippen MR) is 80.9 cm³/mol. The number of benzene rings is 2. The van der Waals surface area contributed by atoms with Crippen LogP contribution in [0.4, 0.5) is 5.69 Å². The average Bonchev–Trinajstić information content (AvgIpc) is 2.53. The van der Waals surface area contributed by atoms with Gasteiger partial charge in [-0.25, -0.2) is 4.98 Å². The van der Waals surface area contributed by atoms with Crippen LogP contribution in [0, 0.1) is 4.91 Å². The molecule has 1 N–H and O–H groups in total. The minimum absolute atomic E-state index is 0.00602. The number of aromatic hydroxyl groups is 1. The summed E-state index contributed by atoms with van der Waals surface area (Å²) >= 11 is 0. The zero-order valence-electron chi connectivity index (χ0n) is 11.3. The van der Waals surface area contributed by atoms with Crippen LogP contribution in [-0.4, -0.2) is 17.2 Å². The zero-order valence-corrected chi connectivity index (χ0v) is 11.3. The van der Waals surface area contributed by atoms with Gasteiger partial charge in [0.25, 0.3) is 0 Å². The first-order chi connectivity index (χ1) is 10.2. The minimum atomic E-state index is -0.170. The number of para-hydroxylation sites is 1. The Morgan fingerprint density at radius 1 is 1.14 bits per heavy atom. The van der Waals surface area contributed by atoms with Gasteiger partial charge in [-0.15, -0.1) is 4.91 Å². The minimum Gasteiger partial charge on any atom is -0.506 e. The molecule has 5 nitrogen and oxygen atoms in total. The second-order valence-electron chi connectivity index (χ2n) is 4.52. The molecule has 0 saturated heterocycles. The first-order valence-corrected chi connectivity index (χ1v) is 6.33. The van der Waals surface area contributed by atoms with E-state index in [4.69, 9.17) is 4.74 Å². The summed E-state index contributed by atoms with van der Waals surface area (Å²) in [5.41, 5.74) is 2.14. The van der Waals surface area contributed by atoms with Gasteiger partial charge in [-0.1, -0.05) is 18.2 Å². The molecule has 0 amide bonds. The fraction of sp³-hybridized carbons (Fsp3) is 0.0625. The summed E-state index contributed by atoms with van der Waals surface area (Å²) in [6.45, 7) is 0. The summed E-state index contributed by atoms with van der Waals surface area (Å²) in [5.74, 6) is 0.532. The molecule has 0 spiro atoms. The average molecular weight is 280 g/mol. The smallest absolute Gasteiger partial charge is 0.149 e. The van der Waals surface area contributed by atoms with Crippen LogP contribution in [0.1, 0.15) is 0 Å². The number of hydrogen-bond acceptors (Lipinski definition) is 5. The van der Waals surface area contributed by atoms with Crippen LogP contribution in [0.3, 0.4) is 0 Å². The Hall–Kier alpha value is -2.95. The number of phenols is 1. The summed E-state index contributed by atoms with van der Waals surface area (Å²) in [4.78, 5) is 15.1. The van der Waals surface area contributed by atoms with Crippen LogP contribution in [0.2, 0.25) is 0 Å². The molecule has 3 aromatic rings. The highest BCUT2D eigenvalue weighted by molar-refractivity contribution is 5.88. The van der Waals surface area contributed by atoms with Gasteiger partial charge in [-0.3, -0.25) is 0 Å². The van der Waals surface area contributed by atoms with Crippen LogP contribution in [0.15, 0.2) is 53.7 Å². The molecule has 0 aliphatic rings. The maximum absolute atomic E-state index is 10.5. The van der Waals surface area contributed by atoms with Crippen molar-refractivity contribution in [3.63, 3.8) is 0 Å². The van der Waals surface area contributed by atoms with Gasteiger partial charge >= 0.3 is 0 Å². The highest BCUT2D eigenvalue weighted by Gasteiger charge is 2.10. The van der Waals surface area contributed by atoms with E-state index < -0.39 is 0 Å².